The van der Waals surface area contributed by atoms with Crippen molar-refractivity contribution in [2.75, 3.05) is 0 Å². The summed E-state index contributed by atoms with van der Waals surface area (Å²) in [6, 6.07) is 0. The van der Waals surface area contributed by atoms with Gasteiger partial charge in [0, 0.05) is 12.3 Å². The molecule has 2 saturated carbocycles. The van der Waals surface area contributed by atoms with Gasteiger partial charge in [-0.1, -0.05) is 71.6 Å². The van der Waals surface area contributed by atoms with Crippen LogP contribution in [0.1, 0.15) is 110 Å². The van der Waals surface area contributed by atoms with Crippen LogP contribution >= 0.6 is 0 Å². The first-order chi connectivity index (χ1) is 11.2. The SMILES string of the molecule is CCCCCCC[C@H]1CC[C@H](C2CCC(CCC)C(=O)C2)CC1. The summed E-state index contributed by atoms with van der Waals surface area (Å²) in [5.74, 6) is 3.62. The van der Waals surface area contributed by atoms with E-state index in [-0.39, 0.29) is 0 Å². The van der Waals surface area contributed by atoms with E-state index in [2.05, 4.69) is 13.8 Å². The zero-order valence-corrected chi connectivity index (χ0v) is 15.8. The highest BCUT2D eigenvalue weighted by Gasteiger charge is 2.34. The summed E-state index contributed by atoms with van der Waals surface area (Å²) in [7, 11) is 0. The molecule has 0 saturated heterocycles. The summed E-state index contributed by atoms with van der Waals surface area (Å²) < 4.78 is 0. The van der Waals surface area contributed by atoms with Gasteiger partial charge in [0.1, 0.15) is 5.78 Å². The van der Waals surface area contributed by atoms with Gasteiger partial charge in [0.2, 0.25) is 0 Å². The maximum Gasteiger partial charge on any atom is 0.136 e. The van der Waals surface area contributed by atoms with Crippen molar-refractivity contribution in [2.24, 2.45) is 23.7 Å². The monoisotopic (exact) mass is 320 g/mol. The highest BCUT2D eigenvalue weighted by Crippen LogP contribution is 2.42. The molecule has 0 aromatic rings. The Morgan fingerprint density at radius 3 is 2.09 bits per heavy atom. The Morgan fingerprint density at radius 2 is 1.43 bits per heavy atom. The minimum absolute atomic E-state index is 0.413. The van der Waals surface area contributed by atoms with Gasteiger partial charge in [-0.3, -0.25) is 4.79 Å². The highest BCUT2D eigenvalue weighted by molar-refractivity contribution is 5.81. The van der Waals surface area contributed by atoms with E-state index in [0.717, 1.165) is 30.6 Å². The lowest BCUT2D eigenvalue weighted by atomic mass is 9.68. The fourth-order valence-electron chi connectivity index (χ4n) is 5.14. The van der Waals surface area contributed by atoms with Gasteiger partial charge in [-0.15, -0.1) is 0 Å². The number of hydrogen-bond donors (Lipinski definition) is 0. The number of unbranched alkanes of at least 4 members (excludes halogenated alkanes) is 4. The van der Waals surface area contributed by atoms with Crippen LogP contribution < -0.4 is 0 Å². The molecule has 0 aromatic heterocycles. The quantitative estimate of drug-likeness (QED) is 0.420. The number of ketones is 1. The first-order valence-electron chi connectivity index (χ1n) is 10.8. The largest absolute Gasteiger partial charge is 0.299 e. The van der Waals surface area contributed by atoms with Crippen molar-refractivity contribution >= 4 is 5.78 Å². The second-order valence-corrected chi connectivity index (χ2v) is 8.48. The normalized spacial score (nSPS) is 32.2. The molecule has 134 valence electrons. The third-order valence-electron chi connectivity index (χ3n) is 6.72. The number of carbonyl (C=O) groups excluding carboxylic acids is 1. The Bertz CT molecular complexity index is 327. The molecule has 1 heteroatoms. The van der Waals surface area contributed by atoms with E-state index in [1.807, 2.05) is 0 Å². The fraction of sp³-hybridized carbons (Fsp3) is 0.955. The van der Waals surface area contributed by atoms with Gasteiger partial charge in [-0.2, -0.15) is 0 Å². The average Bonchev–Trinajstić information content (AvgIpc) is 2.57. The fourth-order valence-corrected chi connectivity index (χ4v) is 5.14. The summed E-state index contributed by atoms with van der Waals surface area (Å²) in [6.07, 6.45) is 20.0. The number of rotatable bonds is 9. The molecule has 0 bridgehead atoms. The van der Waals surface area contributed by atoms with Crippen LogP contribution in [0.3, 0.4) is 0 Å². The minimum atomic E-state index is 0.413. The molecular weight excluding hydrogens is 280 g/mol. The van der Waals surface area contributed by atoms with Gasteiger partial charge in [0.15, 0.2) is 0 Å². The molecule has 0 spiro atoms. The van der Waals surface area contributed by atoms with Crippen LogP contribution in [0, 0.1) is 23.7 Å². The number of carbonyl (C=O) groups is 1. The van der Waals surface area contributed by atoms with E-state index in [4.69, 9.17) is 0 Å². The van der Waals surface area contributed by atoms with E-state index in [1.165, 1.54) is 83.5 Å². The van der Waals surface area contributed by atoms with Gasteiger partial charge in [-0.25, -0.2) is 0 Å². The third-order valence-corrected chi connectivity index (χ3v) is 6.72. The van der Waals surface area contributed by atoms with Crippen molar-refractivity contribution in [3.05, 3.63) is 0 Å². The van der Waals surface area contributed by atoms with Crippen molar-refractivity contribution < 1.29 is 4.79 Å². The second-order valence-electron chi connectivity index (χ2n) is 8.48. The summed E-state index contributed by atoms with van der Waals surface area (Å²) in [5, 5.41) is 0. The highest BCUT2D eigenvalue weighted by atomic mass is 16.1. The van der Waals surface area contributed by atoms with Crippen molar-refractivity contribution in [3.8, 4) is 0 Å². The summed E-state index contributed by atoms with van der Waals surface area (Å²) >= 11 is 0. The lowest BCUT2D eigenvalue weighted by Crippen LogP contribution is -2.31. The Kier molecular flexibility index (Phi) is 8.69. The predicted molar refractivity (Wildman–Crippen MR) is 99.6 cm³/mol. The Labute approximate surface area is 145 Å². The van der Waals surface area contributed by atoms with Gasteiger partial charge < -0.3 is 0 Å². The first-order valence-corrected chi connectivity index (χ1v) is 10.8. The molecule has 2 atom stereocenters. The predicted octanol–water partition coefficient (Wildman–Crippen LogP) is 6.94. The molecule has 2 aliphatic carbocycles. The Morgan fingerprint density at radius 1 is 0.739 bits per heavy atom. The third kappa shape index (κ3) is 6.24. The zero-order chi connectivity index (χ0) is 16.5. The maximum atomic E-state index is 12.3. The maximum absolute atomic E-state index is 12.3. The first kappa shape index (κ1) is 19.0. The lowest BCUT2D eigenvalue weighted by molar-refractivity contribution is -0.127. The molecule has 23 heavy (non-hydrogen) atoms. The van der Waals surface area contributed by atoms with Crippen LogP contribution in [0.4, 0.5) is 0 Å². The molecular formula is C22H40O. The molecule has 0 aliphatic heterocycles. The van der Waals surface area contributed by atoms with E-state index in [1.54, 1.807) is 0 Å². The van der Waals surface area contributed by atoms with Crippen LogP contribution in [0.2, 0.25) is 0 Å². The molecule has 0 radical (unpaired) electrons. The molecule has 0 N–H and O–H groups in total. The second kappa shape index (κ2) is 10.5. The topological polar surface area (TPSA) is 17.1 Å². The van der Waals surface area contributed by atoms with Gasteiger partial charge in [0.25, 0.3) is 0 Å². The molecule has 2 aliphatic rings. The van der Waals surface area contributed by atoms with Crippen LogP contribution in [-0.2, 0) is 4.79 Å². The Balaban J connectivity index is 1.62. The van der Waals surface area contributed by atoms with E-state index in [9.17, 15) is 4.79 Å². The minimum Gasteiger partial charge on any atom is -0.299 e. The van der Waals surface area contributed by atoms with Crippen molar-refractivity contribution in [1.82, 2.24) is 0 Å². The molecule has 0 aromatic carbocycles. The number of Topliss-reactive ketones (excluding diaryl/α,β-unsaturated/α-hetero) is 1. The Hall–Kier alpha value is -0.330. The molecule has 2 unspecified atom stereocenters. The van der Waals surface area contributed by atoms with E-state index >= 15 is 0 Å². The summed E-state index contributed by atoms with van der Waals surface area (Å²) in [6.45, 7) is 4.50. The average molecular weight is 321 g/mol. The van der Waals surface area contributed by atoms with Crippen molar-refractivity contribution in [1.29, 1.82) is 0 Å². The molecule has 2 fully saturated rings. The standard InChI is InChI=1S/C22H40O/c1-3-5-6-7-8-10-18-11-13-19(14-12-18)21-16-15-20(9-4-2)22(23)17-21/h18-21H,3-17H2,1-2H3/t18-,19-,20?,21?. The van der Waals surface area contributed by atoms with E-state index < -0.39 is 0 Å². The van der Waals surface area contributed by atoms with Crippen molar-refractivity contribution in [2.45, 2.75) is 110 Å². The number of hydrogen-bond acceptors (Lipinski definition) is 1. The summed E-state index contributed by atoms with van der Waals surface area (Å²) in [5.41, 5.74) is 0. The molecule has 0 amide bonds. The zero-order valence-electron chi connectivity index (χ0n) is 15.8. The molecule has 0 heterocycles. The van der Waals surface area contributed by atoms with Gasteiger partial charge in [0.05, 0.1) is 0 Å². The lowest BCUT2D eigenvalue weighted by Gasteiger charge is -2.37. The van der Waals surface area contributed by atoms with Crippen LogP contribution in [0.25, 0.3) is 0 Å². The van der Waals surface area contributed by atoms with Crippen LogP contribution in [0.5, 0.6) is 0 Å². The molecule has 2 rings (SSSR count). The molecule has 1 nitrogen and oxygen atoms in total. The van der Waals surface area contributed by atoms with E-state index in [0.29, 0.717) is 11.7 Å². The van der Waals surface area contributed by atoms with Crippen LogP contribution in [-0.4, -0.2) is 5.78 Å². The smallest absolute Gasteiger partial charge is 0.136 e. The van der Waals surface area contributed by atoms with Crippen LogP contribution in [0.15, 0.2) is 0 Å². The van der Waals surface area contributed by atoms with Gasteiger partial charge >= 0.3 is 0 Å². The van der Waals surface area contributed by atoms with Gasteiger partial charge in [-0.05, 0) is 49.9 Å². The summed E-state index contributed by atoms with van der Waals surface area (Å²) in [4.78, 5) is 12.3. The van der Waals surface area contributed by atoms with Crippen molar-refractivity contribution in [3.63, 3.8) is 0 Å².